The van der Waals surface area contributed by atoms with Crippen LogP contribution in [0.5, 0.6) is 0 Å². The molecule has 1 saturated heterocycles. The van der Waals surface area contributed by atoms with Crippen LogP contribution in [0.15, 0.2) is 15.9 Å². The van der Waals surface area contributed by atoms with E-state index >= 15 is 0 Å². The van der Waals surface area contributed by atoms with Crippen LogP contribution in [0.3, 0.4) is 0 Å². The third kappa shape index (κ3) is 2.73. The van der Waals surface area contributed by atoms with E-state index in [-0.39, 0.29) is 6.04 Å². The van der Waals surface area contributed by atoms with Crippen molar-refractivity contribution in [3.05, 3.63) is 20.8 Å². The summed E-state index contributed by atoms with van der Waals surface area (Å²) in [5, 5.41) is 11.8. The number of thiophene rings is 1. The molecule has 2 heterocycles. The van der Waals surface area contributed by atoms with E-state index in [0.717, 1.165) is 36.7 Å². The van der Waals surface area contributed by atoms with E-state index in [1.54, 1.807) is 11.3 Å². The Morgan fingerprint density at radius 2 is 2.42 bits per heavy atom. The lowest BCUT2D eigenvalue weighted by Crippen LogP contribution is -2.51. The van der Waals surface area contributed by atoms with E-state index in [4.69, 9.17) is 0 Å². The van der Waals surface area contributed by atoms with Crippen molar-refractivity contribution < 1.29 is 9.90 Å². The average Bonchev–Trinajstić information content (AvgIpc) is 2.96. The lowest BCUT2D eigenvalue weighted by molar-refractivity contribution is -0.151. The van der Waals surface area contributed by atoms with Crippen molar-refractivity contribution in [2.75, 3.05) is 6.54 Å². The molecule has 2 atom stereocenters. The zero-order valence-electron chi connectivity index (χ0n) is 11.4. The monoisotopic (exact) mass is 345 g/mol. The number of halogens is 1. The van der Waals surface area contributed by atoms with Gasteiger partial charge in [0, 0.05) is 20.8 Å². The summed E-state index contributed by atoms with van der Waals surface area (Å²) in [5.74, 6) is -0.658. The van der Waals surface area contributed by atoms with E-state index in [1.165, 1.54) is 4.88 Å². The molecule has 1 aliphatic rings. The Morgan fingerprint density at radius 1 is 1.68 bits per heavy atom. The van der Waals surface area contributed by atoms with Gasteiger partial charge < -0.3 is 5.11 Å². The molecule has 1 aliphatic heterocycles. The molecule has 1 fully saturated rings. The topological polar surface area (TPSA) is 40.5 Å². The summed E-state index contributed by atoms with van der Waals surface area (Å²) in [6.07, 6.45) is 3.39. The maximum absolute atomic E-state index is 11.8. The molecule has 5 heteroatoms. The summed E-state index contributed by atoms with van der Waals surface area (Å²) < 4.78 is 1.08. The van der Waals surface area contributed by atoms with Gasteiger partial charge in [0.1, 0.15) is 5.54 Å². The summed E-state index contributed by atoms with van der Waals surface area (Å²) in [6, 6.07) is 2.27. The van der Waals surface area contributed by atoms with E-state index in [2.05, 4.69) is 46.1 Å². The molecule has 3 nitrogen and oxygen atoms in total. The standard InChI is InChI=1S/C14H20BrNO2S/c1-3-5-14(13(17)18)6-4-7-16(14)10(2)12-8-11(15)9-19-12/h8-10H,3-7H2,1-2H3,(H,17,18). The average molecular weight is 346 g/mol. The largest absolute Gasteiger partial charge is 0.480 e. The molecular weight excluding hydrogens is 326 g/mol. The number of hydrogen-bond donors (Lipinski definition) is 1. The summed E-state index contributed by atoms with van der Waals surface area (Å²) in [6.45, 7) is 5.06. The summed E-state index contributed by atoms with van der Waals surface area (Å²) in [4.78, 5) is 15.2. The third-order valence-corrected chi connectivity index (χ3v) is 5.93. The van der Waals surface area contributed by atoms with Gasteiger partial charge in [-0.05, 0) is 54.7 Å². The molecule has 2 rings (SSSR count). The Morgan fingerprint density at radius 3 is 2.95 bits per heavy atom. The molecule has 1 aromatic heterocycles. The van der Waals surface area contributed by atoms with Crippen molar-refractivity contribution in [1.82, 2.24) is 4.90 Å². The molecule has 0 spiro atoms. The normalized spacial score (nSPS) is 25.6. The van der Waals surface area contributed by atoms with Gasteiger partial charge in [0.05, 0.1) is 0 Å². The third-order valence-electron chi connectivity index (χ3n) is 4.07. The number of carboxylic acid groups (broad SMARTS) is 1. The van der Waals surface area contributed by atoms with Crippen molar-refractivity contribution in [3.8, 4) is 0 Å². The van der Waals surface area contributed by atoms with Crippen molar-refractivity contribution >= 4 is 33.2 Å². The maximum atomic E-state index is 11.8. The highest BCUT2D eigenvalue weighted by atomic mass is 79.9. The number of nitrogens with zero attached hydrogens (tertiary/aromatic N) is 1. The second-order valence-electron chi connectivity index (χ2n) is 5.23. The van der Waals surface area contributed by atoms with E-state index < -0.39 is 11.5 Å². The number of carbonyl (C=O) groups is 1. The van der Waals surface area contributed by atoms with Gasteiger partial charge in [0.25, 0.3) is 0 Å². The number of rotatable bonds is 5. The summed E-state index contributed by atoms with van der Waals surface area (Å²) in [5.41, 5.74) is -0.662. The molecule has 0 radical (unpaired) electrons. The first-order chi connectivity index (χ1) is 9.01. The Bertz CT molecular complexity index is 462. The molecule has 0 amide bonds. The Balaban J connectivity index is 2.28. The van der Waals surface area contributed by atoms with Gasteiger partial charge in [-0.25, -0.2) is 0 Å². The lowest BCUT2D eigenvalue weighted by atomic mass is 9.89. The van der Waals surface area contributed by atoms with Crippen molar-refractivity contribution in [2.45, 2.75) is 51.1 Å². The van der Waals surface area contributed by atoms with Crippen LogP contribution >= 0.6 is 27.3 Å². The van der Waals surface area contributed by atoms with Gasteiger partial charge in [-0.3, -0.25) is 9.69 Å². The minimum Gasteiger partial charge on any atom is -0.480 e. The van der Waals surface area contributed by atoms with Crippen molar-refractivity contribution in [1.29, 1.82) is 0 Å². The Hall–Kier alpha value is -0.390. The highest BCUT2D eigenvalue weighted by Crippen LogP contribution is 2.41. The van der Waals surface area contributed by atoms with E-state index in [1.807, 2.05) is 0 Å². The summed E-state index contributed by atoms with van der Waals surface area (Å²) in [7, 11) is 0. The quantitative estimate of drug-likeness (QED) is 0.865. The lowest BCUT2D eigenvalue weighted by Gasteiger charge is -2.38. The van der Waals surface area contributed by atoms with Crippen LogP contribution in [0.4, 0.5) is 0 Å². The van der Waals surface area contributed by atoms with Gasteiger partial charge >= 0.3 is 5.97 Å². The van der Waals surface area contributed by atoms with Crippen LogP contribution in [0.1, 0.15) is 50.4 Å². The molecule has 0 bridgehead atoms. The predicted octanol–water partition coefficient (Wildman–Crippen LogP) is 4.29. The molecule has 19 heavy (non-hydrogen) atoms. The van der Waals surface area contributed by atoms with Gasteiger partial charge in [-0.1, -0.05) is 13.3 Å². The second-order valence-corrected chi connectivity index (χ2v) is 7.09. The van der Waals surface area contributed by atoms with Gasteiger partial charge in [0.15, 0.2) is 0 Å². The molecule has 2 unspecified atom stereocenters. The molecule has 106 valence electrons. The van der Waals surface area contributed by atoms with Gasteiger partial charge in [-0.2, -0.15) is 0 Å². The fourth-order valence-electron chi connectivity index (χ4n) is 3.18. The smallest absolute Gasteiger partial charge is 0.324 e. The fourth-order valence-corrected chi connectivity index (χ4v) is 4.70. The number of likely N-dealkylation sites (tertiary alicyclic amines) is 1. The highest BCUT2D eigenvalue weighted by Gasteiger charge is 2.48. The van der Waals surface area contributed by atoms with Crippen LogP contribution in [-0.2, 0) is 4.79 Å². The Kier molecular flexibility index (Phi) is 4.69. The first-order valence-electron chi connectivity index (χ1n) is 6.75. The first-order valence-corrected chi connectivity index (χ1v) is 8.42. The predicted molar refractivity (Wildman–Crippen MR) is 81.6 cm³/mol. The molecule has 0 aromatic carbocycles. The van der Waals surface area contributed by atoms with Gasteiger partial charge in [-0.15, -0.1) is 11.3 Å². The summed E-state index contributed by atoms with van der Waals surface area (Å²) >= 11 is 5.17. The highest BCUT2D eigenvalue weighted by molar-refractivity contribution is 9.10. The van der Waals surface area contributed by atoms with E-state index in [9.17, 15) is 9.90 Å². The first kappa shape index (κ1) is 15.0. The number of hydrogen-bond acceptors (Lipinski definition) is 3. The maximum Gasteiger partial charge on any atom is 0.324 e. The van der Waals surface area contributed by atoms with Crippen molar-refractivity contribution in [3.63, 3.8) is 0 Å². The molecule has 1 N–H and O–H groups in total. The van der Waals surface area contributed by atoms with Crippen LogP contribution in [0, 0.1) is 0 Å². The Labute approximate surface area is 126 Å². The zero-order valence-corrected chi connectivity index (χ0v) is 13.8. The molecule has 0 aliphatic carbocycles. The molecular formula is C14H20BrNO2S. The molecule has 1 aromatic rings. The number of carboxylic acids is 1. The van der Waals surface area contributed by atoms with Crippen LogP contribution in [0.25, 0.3) is 0 Å². The zero-order chi connectivity index (χ0) is 14.0. The minimum atomic E-state index is -0.662. The van der Waals surface area contributed by atoms with Gasteiger partial charge in [0.2, 0.25) is 0 Å². The molecule has 0 saturated carbocycles. The second kappa shape index (κ2) is 5.94. The number of aliphatic carboxylic acids is 1. The van der Waals surface area contributed by atoms with Crippen molar-refractivity contribution in [2.24, 2.45) is 0 Å². The van der Waals surface area contributed by atoms with Crippen LogP contribution in [-0.4, -0.2) is 28.1 Å². The van der Waals surface area contributed by atoms with Crippen LogP contribution in [0.2, 0.25) is 0 Å². The minimum absolute atomic E-state index is 0.168. The van der Waals surface area contributed by atoms with Crippen LogP contribution < -0.4 is 0 Å². The fraction of sp³-hybridized carbons (Fsp3) is 0.643. The van der Waals surface area contributed by atoms with E-state index in [0.29, 0.717) is 0 Å². The SMILES string of the molecule is CCCC1(C(=O)O)CCCN1C(C)c1cc(Br)cs1.